The number of rotatable bonds is 7. The summed E-state index contributed by atoms with van der Waals surface area (Å²) in [7, 11) is 0. The van der Waals surface area contributed by atoms with Crippen molar-refractivity contribution in [2.24, 2.45) is 40.4 Å². The summed E-state index contributed by atoms with van der Waals surface area (Å²) in [6.45, 7) is 11.6. The highest BCUT2D eigenvalue weighted by molar-refractivity contribution is 5.25. The zero-order valence-electron chi connectivity index (χ0n) is 21.1. The van der Waals surface area contributed by atoms with Crippen LogP contribution in [0.3, 0.4) is 0 Å². The van der Waals surface area contributed by atoms with Gasteiger partial charge in [-0.2, -0.15) is 0 Å². The second kappa shape index (κ2) is 8.79. The highest BCUT2D eigenvalue weighted by Gasteiger charge is 2.59. The van der Waals surface area contributed by atoms with Crippen molar-refractivity contribution in [3.63, 3.8) is 0 Å². The summed E-state index contributed by atoms with van der Waals surface area (Å²) in [4.78, 5) is 0. The summed E-state index contributed by atoms with van der Waals surface area (Å²) in [5, 5.41) is 20.2. The number of aliphatic hydroxyl groups excluding tert-OH is 1. The van der Waals surface area contributed by atoms with Gasteiger partial charge in [-0.05, 0) is 112 Å². The SMILES string of the molecule is C[C@H](CCCCCC(C)(C)O)[C@H]1CC[C@H]2[C@@H]3CC=C4C[C@@H](O)CC[C@]4(C)[C@H]3CC[C@]12C. The van der Waals surface area contributed by atoms with E-state index in [1.807, 2.05) is 13.8 Å². The zero-order valence-corrected chi connectivity index (χ0v) is 21.1. The van der Waals surface area contributed by atoms with Crippen LogP contribution in [0.1, 0.15) is 118 Å². The van der Waals surface area contributed by atoms with Gasteiger partial charge >= 0.3 is 0 Å². The van der Waals surface area contributed by atoms with Crippen molar-refractivity contribution >= 4 is 0 Å². The van der Waals surface area contributed by atoms with Crippen LogP contribution in [-0.4, -0.2) is 21.9 Å². The molecule has 4 rings (SSSR count). The summed E-state index contributed by atoms with van der Waals surface area (Å²) in [6, 6.07) is 0. The minimum atomic E-state index is -0.502. The van der Waals surface area contributed by atoms with Gasteiger partial charge in [0.05, 0.1) is 11.7 Å². The minimum Gasteiger partial charge on any atom is -0.393 e. The van der Waals surface area contributed by atoms with Crippen molar-refractivity contribution in [1.82, 2.24) is 0 Å². The third-order valence-corrected chi connectivity index (χ3v) is 10.8. The highest BCUT2D eigenvalue weighted by atomic mass is 16.3. The number of hydrogen-bond donors (Lipinski definition) is 2. The molecule has 31 heavy (non-hydrogen) atoms. The van der Waals surface area contributed by atoms with E-state index in [0.717, 1.165) is 55.3 Å². The van der Waals surface area contributed by atoms with Crippen LogP contribution in [0.5, 0.6) is 0 Å². The van der Waals surface area contributed by atoms with Crippen LogP contribution in [0.25, 0.3) is 0 Å². The van der Waals surface area contributed by atoms with Gasteiger partial charge in [-0.25, -0.2) is 0 Å². The molecule has 0 spiro atoms. The van der Waals surface area contributed by atoms with Crippen molar-refractivity contribution < 1.29 is 10.2 Å². The molecule has 4 aliphatic rings. The van der Waals surface area contributed by atoms with Crippen LogP contribution in [0.2, 0.25) is 0 Å². The summed E-state index contributed by atoms with van der Waals surface area (Å²) in [5.74, 6) is 4.39. The minimum absolute atomic E-state index is 0.0927. The fourth-order valence-corrected chi connectivity index (χ4v) is 9.02. The molecule has 178 valence electrons. The number of allylic oxidation sites excluding steroid dienone is 1. The van der Waals surface area contributed by atoms with Gasteiger partial charge in [-0.3, -0.25) is 0 Å². The van der Waals surface area contributed by atoms with Crippen LogP contribution < -0.4 is 0 Å². The van der Waals surface area contributed by atoms with E-state index in [2.05, 4.69) is 26.8 Å². The van der Waals surface area contributed by atoms with Gasteiger partial charge in [0.2, 0.25) is 0 Å². The Kier molecular flexibility index (Phi) is 6.75. The molecule has 0 aromatic heterocycles. The zero-order chi connectivity index (χ0) is 22.4. The van der Waals surface area contributed by atoms with Crippen molar-refractivity contribution in [1.29, 1.82) is 0 Å². The molecule has 0 radical (unpaired) electrons. The number of hydrogen-bond acceptors (Lipinski definition) is 2. The fraction of sp³-hybridized carbons (Fsp3) is 0.931. The third kappa shape index (κ3) is 4.54. The van der Waals surface area contributed by atoms with Crippen LogP contribution in [0.4, 0.5) is 0 Å². The second-order valence-corrected chi connectivity index (χ2v) is 13.3. The standard InChI is InChI=1S/C29H50O2/c1-20(9-7-6-8-16-27(2,3)31)24-12-13-25-23-11-10-21-19-22(30)14-17-28(21,4)26(23)15-18-29(24,25)5/h10,20,22-26,30-31H,6-9,11-19H2,1-5H3/t20-,22+,23+,24-,25+,26+,28+,29-/m1/s1. The molecule has 3 fully saturated rings. The Morgan fingerprint density at radius 1 is 1.03 bits per heavy atom. The average molecular weight is 431 g/mol. The Hall–Kier alpha value is -0.340. The van der Waals surface area contributed by atoms with E-state index in [-0.39, 0.29) is 6.10 Å². The summed E-state index contributed by atoms with van der Waals surface area (Å²) in [6.07, 6.45) is 18.7. The van der Waals surface area contributed by atoms with Crippen molar-refractivity contribution in [2.75, 3.05) is 0 Å². The first kappa shape index (κ1) is 23.8. The van der Waals surface area contributed by atoms with E-state index >= 15 is 0 Å². The average Bonchev–Trinajstić information content (AvgIpc) is 3.04. The molecule has 2 nitrogen and oxygen atoms in total. The van der Waals surface area contributed by atoms with Crippen LogP contribution in [0.15, 0.2) is 11.6 Å². The largest absolute Gasteiger partial charge is 0.393 e. The van der Waals surface area contributed by atoms with E-state index in [0.29, 0.717) is 10.8 Å². The van der Waals surface area contributed by atoms with E-state index in [9.17, 15) is 10.2 Å². The van der Waals surface area contributed by atoms with Gasteiger partial charge in [-0.1, -0.05) is 58.1 Å². The van der Waals surface area contributed by atoms with Gasteiger partial charge in [-0.15, -0.1) is 0 Å². The molecule has 0 aliphatic heterocycles. The lowest BCUT2D eigenvalue weighted by atomic mass is 9.47. The Morgan fingerprint density at radius 3 is 2.55 bits per heavy atom. The predicted octanol–water partition coefficient (Wildman–Crippen LogP) is 7.28. The lowest BCUT2D eigenvalue weighted by Gasteiger charge is -2.58. The Bertz CT molecular complexity index is 660. The van der Waals surface area contributed by atoms with Crippen molar-refractivity contribution in [2.45, 2.75) is 130 Å². The Morgan fingerprint density at radius 2 is 1.81 bits per heavy atom. The maximum atomic E-state index is 10.2. The molecule has 2 N–H and O–H groups in total. The van der Waals surface area contributed by atoms with Gasteiger partial charge in [0.25, 0.3) is 0 Å². The van der Waals surface area contributed by atoms with E-state index < -0.39 is 5.60 Å². The molecule has 0 bridgehead atoms. The summed E-state index contributed by atoms with van der Waals surface area (Å²) in [5.41, 5.74) is 2.01. The molecule has 0 heterocycles. The third-order valence-electron chi connectivity index (χ3n) is 10.8. The monoisotopic (exact) mass is 430 g/mol. The van der Waals surface area contributed by atoms with Gasteiger partial charge in [0, 0.05) is 0 Å². The molecule has 0 amide bonds. The first-order valence-corrected chi connectivity index (χ1v) is 13.6. The quantitative estimate of drug-likeness (QED) is 0.329. The molecule has 0 unspecified atom stereocenters. The van der Waals surface area contributed by atoms with Crippen LogP contribution in [-0.2, 0) is 0 Å². The molecule has 0 aromatic rings. The molecule has 8 atom stereocenters. The number of fused-ring (bicyclic) bond motifs is 5. The molecule has 2 heteroatoms. The van der Waals surface area contributed by atoms with Crippen molar-refractivity contribution in [3.05, 3.63) is 11.6 Å². The smallest absolute Gasteiger partial charge is 0.0591 e. The maximum Gasteiger partial charge on any atom is 0.0591 e. The second-order valence-electron chi connectivity index (χ2n) is 13.3. The lowest BCUT2D eigenvalue weighted by molar-refractivity contribution is -0.0572. The topological polar surface area (TPSA) is 40.5 Å². The van der Waals surface area contributed by atoms with Gasteiger partial charge in [0.15, 0.2) is 0 Å². The molecule has 0 aromatic carbocycles. The molecule has 4 aliphatic carbocycles. The van der Waals surface area contributed by atoms with Gasteiger partial charge < -0.3 is 10.2 Å². The summed E-state index contributed by atoms with van der Waals surface area (Å²) < 4.78 is 0. The first-order valence-electron chi connectivity index (χ1n) is 13.6. The fourth-order valence-electron chi connectivity index (χ4n) is 9.02. The number of unbranched alkanes of at least 4 members (excludes halogenated alkanes) is 2. The maximum absolute atomic E-state index is 10.2. The lowest BCUT2D eigenvalue weighted by Crippen LogP contribution is -2.50. The first-order chi connectivity index (χ1) is 14.5. The van der Waals surface area contributed by atoms with E-state index in [1.165, 1.54) is 57.8 Å². The molecular formula is C29H50O2. The molecule has 0 saturated heterocycles. The predicted molar refractivity (Wildman–Crippen MR) is 130 cm³/mol. The number of aliphatic hydroxyl groups is 2. The van der Waals surface area contributed by atoms with Gasteiger partial charge in [0.1, 0.15) is 0 Å². The highest BCUT2D eigenvalue weighted by Crippen LogP contribution is 2.67. The summed E-state index contributed by atoms with van der Waals surface area (Å²) >= 11 is 0. The molecular weight excluding hydrogens is 380 g/mol. The normalized spacial score (nSPS) is 43.6. The van der Waals surface area contributed by atoms with E-state index in [4.69, 9.17) is 0 Å². The van der Waals surface area contributed by atoms with Crippen LogP contribution >= 0.6 is 0 Å². The van der Waals surface area contributed by atoms with Crippen LogP contribution in [0, 0.1) is 40.4 Å². The van der Waals surface area contributed by atoms with E-state index in [1.54, 1.807) is 5.57 Å². The Balaban J connectivity index is 1.38. The van der Waals surface area contributed by atoms with Crippen molar-refractivity contribution in [3.8, 4) is 0 Å². The molecule has 3 saturated carbocycles. The Labute approximate surface area is 192 Å².